The van der Waals surface area contributed by atoms with Crippen LogP contribution < -0.4 is 5.32 Å². The second-order valence-corrected chi connectivity index (χ2v) is 1.69. The number of halogens is 1. The molecule has 0 amide bonds. The first kappa shape index (κ1) is 6.25. The average molecular weight is 108 g/mol. The Balaban J connectivity index is 2.75. The number of nitrogens with one attached hydrogen (secondary N) is 1. The first-order chi connectivity index (χ1) is 2.81. The summed E-state index contributed by atoms with van der Waals surface area (Å²) in [5.74, 6) is 0. The molecule has 0 fully saturated rings. The summed E-state index contributed by atoms with van der Waals surface area (Å²) in [5, 5.41) is 2.88. The highest BCUT2D eigenvalue weighted by molar-refractivity contribution is 6.20. The fraction of sp³-hybridized carbons (Fsp3) is 1.00. The lowest BCUT2D eigenvalue weighted by Gasteiger charge is -1.99. The van der Waals surface area contributed by atoms with E-state index in [9.17, 15) is 0 Å². The van der Waals surface area contributed by atoms with Crippen LogP contribution in [0.5, 0.6) is 0 Å². The Kier molecular flexibility index (Phi) is 3.58. The van der Waals surface area contributed by atoms with Crippen molar-refractivity contribution in [2.75, 3.05) is 7.05 Å². The summed E-state index contributed by atoms with van der Waals surface area (Å²) >= 11 is 5.54. The van der Waals surface area contributed by atoms with Crippen molar-refractivity contribution in [3.05, 3.63) is 0 Å². The Morgan fingerprint density at radius 3 is 2.33 bits per heavy atom. The monoisotopic (exact) mass is 107 g/mol. The molecule has 0 radical (unpaired) electrons. The molecule has 0 saturated heterocycles. The molecule has 1 nitrogen and oxygen atoms in total. The molecule has 0 bridgehead atoms. The minimum atomic E-state index is 0.157. The van der Waals surface area contributed by atoms with Crippen LogP contribution in [0.4, 0.5) is 0 Å². The van der Waals surface area contributed by atoms with E-state index in [1.807, 2.05) is 14.0 Å². The Morgan fingerprint density at radius 1 is 1.83 bits per heavy atom. The average Bonchev–Trinajstić information content (AvgIpc) is 1.65. The fourth-order valence-electron chi connectivity index (χ4n) is 0.204. The zero-order chi connectivity index (χ0) is 4.99. The maximum absolute atomic E-state index is 5.54. The van der Waals surface area contributed by atoms with Crippen molar-refractivity contribution < 1.29 is 0 Å². The summed E-state index contributed by atoms with van der Waals surface area (Å²) in [6.45, 7) is 2.04. The lowest BCUT2D eigenvalue weighted by atomic mass is 10.5. The van der Waals surface area contributed by atoms with Gasteiger partial charge in [0.25, 0.3) is 0 Å². The van der Waals surface area contributed by atoms with Crippen LogP contribution in [0, 0.1) is 0 Å². The van der Waals surface area contributed by atoms with Crippen molar-refractivity contribution in [1.29, 1.82) is 0 Å². The van der Waals surface area contributed by atoms with Crippen molar-refractivity contribution in [2.24, 2.45) is 0 Å². The minimum absolute atomic E-state index is 0.157. The smallest absolute Gasteiger partial charge is 0.0820 e. The van der Waals surface area contributed by atoms with Crippen LogP contribution in [0.3, 0.4) is 0 Å². The maximum Gasteiger partial charge on any atom is 0.0820 e. The van der Waals surface area contributed by atoms with E-state index in [1.54, 1.807) is 0 Å². The van der Waals surface area contributed by atoms with E-state index >= 15 is 0 Å². The number of alkyl halides is 1. The molecule has 0 rings (SSSR count). The number of hydrogen-bond acceptors (Lipinski definition) is 1. The zero-order valence-corrected chi connectivity index (χ0v) is 4.92. The second-order valence-electron chi connectivity index (χ2n) is 1.16. The molecule has 1 unspecified atom stereocenters. The summed E-state index contributed by atoms with van der Waals surface area (Å²) in [5.41, 5.74) is 0.157. The van der Waals surface area contributed by atoms with Crippen LogP contribution in [-0.4, -0.2) is 12.5 Å². The first-order valence-corrected chi connectivity index (χ1v) is 2.56. The van der Waals surface area contributed by atoms with Crippen molar-refractivity contribution in [1.82, 2.24) is 5.32 Å². The minimum Gasteiger partial charge on any atom is -0.304 e. The van der Waals surface area contributed by atoms with Crippen molar-refractivity contribution >= 4 is 11.6 Å². The van der Waals surface area contributed by atoms with Crippen molar-refractivity contribution in [3.8, 4) is 0 Å². The lowest BCUT2D eigenvalue weighted by molar-refractivity contribution is 0.708. The Hall–Kier alpha value is 0.250. The molecule has 2 heteroatoms. The van der Waals surface area contributed by atoms with Crippen LogP contribution in [0.15, 0.2) is 0 Å². The van der Waals surface area contributed by atoms with E-state index in [1.165, 1.54) is 0 Å². The molecule has 0 aliphatic carbocycles. The van der Waals surface area contributed by atoms with Gasteiger partial charge in [-0.2, -0.15) is 0 Å². The van der Waals surface area contributed by atoms with Gasteiger partial charge in [0.2, 0.25) is 0 Å². The molecule has 1 N–H and O–H groups in total. The largest absolute Gasteiger partial charge is 0.304 e. The molecule has 0 saturated carbocycles. The van der Waals surface area contributed by atoms with Crippen LogP contribution >= 0.6 is 11.6 Å². The van der Waals surface area contributed by atoms with Gasteiger partial charge in [0.1, 0.15) is 0 Å². The predicted octanol–water partition coefficient (Wildman–Crippen LogP) is 1.18. The normalized spacial score (nSPS) is 14.5. The molecule has 1 atom stereocenters. The summed E-state index contributed by atoms with van der Waals surface area (Å²) < 4.78 is 0. The highest BCUT2D eigenvalue weighted by Crippen LogP contribution is 1.91. The second kappa shape index (κ2) is 3.44. The molecule has 0 aromatic rings. The molecule has 0 aliphatic rings. The van der Waals surface area contributed by atoms with Gasteiger partial charge in [0.05, 0.1) is 5.50 Å². The first-order valence-electron chi connectivity index (χ1n) is 2.12. The maximum atomic E-state index is 5.54. The van der Waals surface area contributed by atoms with Gasteiger partial charge in [0, 0.05) is 0 Å². The summed E-state index contributed by atoms with van der Waals surface area (Å²) in [6, 6.07) is 0. The summed E-state index contributed by atoms with van der Waals surface area (Å²) in [6.07, 6.45) is 0.984. The van der Waals surface area contributed by atoms with Crippen LogP contribution in [0.2, 0.25) is 0 Å². The molecule has 0 heterocycles. The molecule has 0 aromatic heterocycles. The van der Waals surface area contributed by atoms with Gasteiger partial charge in [0.15, 0.2) is 0 Å². The predicted molar refractivity (Wildman–Crippen MR) is 29.0 cm³/mol. The lowest BCUT2D eigenvalue weighted by Crippen LogP contribution is -2.16. The summed E-state index contributed by atoms with van der Waals surface area (Å²) in [4.78, 5) is 0. The molecular formula is C4H10ClN. The summed E-state index contributed by atoms with van der Waals surface area (Å²) in [7, 11) is 1.85. The third kappa shape index (κ3) is 2.49. The molecule has 0 aliphatic heterocycles. The SMILES string of the molecule is CCC(Cl)NC. The molecular weight excluding hydrogens is 97.5 g/mol. The van der Waals surface area contributed by atoms with Gasteiger partial charge in [-0.3, -0.25) is 0 Å². The Labute approximate surface area is 43.7 Å². The highest BCUT2D eigenvalue weighted by Gasteiger charge is 1.89. The van der Waals surface area contributed by atoms with E-state index in [-0.39, 0.29) is 5.50 Å². The van der Waals surface area contributed by atoms with Crippen LogP contribution in [-0.2, 0) is 0 Å². The standard InChI is InChI=1S/C4H10ClN/c1-3-4(5)6-2/h4,6H,3H2,1-2H3. The zero-order valence-electron chi connectivity index (χ0n) is 4.16. The third-order valence-electron chi connectivity index (χ3n) is 0.672. The van der Waals surface area contributed by atoms with E-state index in [0.717, 1.165) is 6.42 Å². The van der Waals surface area contributed by atoms with Crippen LogP contribution in [0.1, 0.15) is 13.3 Å². The third-order valence-corrected chi connectivity index (χ3v) is 1.20. The van der Waals surface area contributed by atoms with Gasteiger partial charge in [-0.1, -0.05) is 6.92 Å². The number of rotatable bonds is 2. The van der Waals surface area contributed by atoms with E-state index in [0.29, 0.717) is 0 Å². The van der Waals surface area contributed by atoms with Gasteiger partial charge in [-0.15, -0.1) is 11.6 Å². The molecule has 0 aromatic carbocycles. The molecule has 38 valence electrons. The fourth-order valence-corrected chi connectivity index (χ4v) is 0.204. The van der Waals surface area contributed by atoms with E-state index < -0.39 is 0 Å². The van der Waals surface area contributed by atoms with Gasteiger partial charge >= 0.3 is 0 Å². The van der Waals surface area contributed by atoms with E-state index in [4.69, 9.17) is 11.6 Å². The van der Waals surface area contributed by atoms with Crippen molar-refractivity contribution in [2.45, 2.75) is 18.8 Å². The van der Waals surface area contributed by atoms with Gasteiger partial charge in [-0.25, -0.2) is 0 Å². The quantitative estimate of drug-likeness (QED) is 0.413. The molecule has 6 heavy (non-hydrogen) atoms. The highest BCUT2D eigenvalue weighted by atomic mass is 35.5. The van der Waals surface area contributed by atoms with Crippen LogP contribution in [0.25, 0.3) is 0 Å². The Morgan fingerprint density at radius 2 is 2.33 bits per heavy atom. The topological polar surface area (TPSA) is 12.0 Å². The van der Waals surface area contributed by atoms with Crippen molar-refractivity contribution in [3.63, 3.8) is 0 Å². The van der Waals surface area contributed by atoms with E-state index in [2.05, 4.69) is 5.32 Å². The van der Waals surface area contributed by atoms with Gasteiger partial charge < -0.3 is 5.32 Å². The number of hydrogen-bond donors (Lipinski definition) is 1. The van der Waals surface area contributed by atoms with Gasteiger partial charge in [-0.05, 0) is 13.5 Å². The Bertz CT molecular complexity index is 26.7. The molecule has 0 spiro atoms.